The van der Waals surface area contributed by atoms with Crippen molar-refractivity contribution in [3.8, 4) is 0 Å². The lowest BCUT2D eigenvalue weighted by atomic mass is 9.71. The van der Waals surface area contributed by atoms with Gasteiger partial charge in [-0.25, -0.2) is 12.7 Å². The molecule has 0 saturated carbocycles. The third-order valence-corrected chi connectivity index (χ3v) is 6.61. The number of amides is 1. The molecule has 2 aliphatic rings. The Hall–Kier alpha value is -1.45. The van der Waals surface area contributed by atoms with E-state index in [1.54, 1.807) is 23.7 Å². The lowest BCUT2D eigenvalue weighted by Gasteiger charge is -2.42. The van der Waals surface area contributed by atoms with Crippen molar-refractivity contribution in [1.29, 1.82) is 0 Å². The molecule has 1 amide bonds. The Balaban J connectivity index is 1.71. The molecule has 8 nitrogen and oxygen atoms in total. The summed E-state index contributed by atoms with van der Waals surface area (Å²) < 4.78 is 30.8. The van der Waals surface area contributed by atoms with Gasteiger partial charge in [-0.05, 0) is 24.3 Å². The zero-order valence-corrected chi connectivity index (χ0v) is 14.9. The molecule has 24 heavy (non-hydrogen) atoms. The molecule has 9 heteroatoms. The van der Waals surface area contributed by atoms with Crippen LogP contribution in [-0.4, -0.2) is 79.9 Å². The van der Waals surface area contributed by atoms with Gasteiger partial charge >= 0.3 is 0 Å². The fourth-order valence-corrected chi connectivity index (χ4v) is 4.88. The molecule has 1 spiro atoms. The van der Waals surface area contributed by atoms with E-state index in [2.05, 4.69) is 10.2 Å². The highest BCUT2D eigenvalue weighted by molar-refractivity contribution is 7.88. The van der Waals surface area contributed by atoms with Gasteiger partial charge in [-0.1, -0.05) is 0 Å². The van der Waals surface area contributed by atoms with Crippen LogP contribution in [0, 0.1) is 11.3 Å². The first-order valence-corrected chi connectivity index (χ1v) is 9.93. The maximum atomic E-state index is 12.4. The first-order valence-electron chi connectivity index (χ1n) is 8.08. The summed E-state index contributed by atoms with van der Waals surface area (Å²) in [5, 5.41) is 6.52. The number of sulfonamides is 1. The Morgan fingerprint density at radius 3 is 2.71 bits per heavy atom. The number of H-pyrrole nitrogens is 1. The highest BCUT2D eigenvalue weighted by Gasteiger charge is 2.50. The van der Waals surface area contributed by atoms with E-state index in [1.807, 2.05) is 4.90 Å². The number of carbonyl (C=O) groups excluding carboxylic acids is 1. The molecule has 1 aromatic rings. The Morgan fingerprint density at radius 2 is 2.17 bits per heavy atom. The van der Waals surface area contributed by atoms with Crippen LogP contribution in [0.15, 0.2) is 12.3 Å². The van der Waals surface area contributed by atoms with Crippen molar-refractivity contribution >= 4 is 15.9 Å². The third-order valence-electron chi connectivity index (χ3n) is 5.40. The van der Waals surface area contributed by atoms with Crippen LogP contribution in [0.2, 0.25) is 0 Å². The number of carbonyl (C=O) groups is 1. The minimum absolute atomic E-state index is 0.0522. The minimum atomic E-state index is -3.21. The van der Waals surface area contributed by atoms with Crippen molar-refractivity contribution in [2.75, 3.05) is 46.2 Å². The molecule has 2 fully saturated rings. The third kappa shape index (κ3) is 3.20. The predicted molar refractivity (Wildman–Crippen MR) is 87.9 cm³/mol. The lowest BCUT2D eigenvalue weighted by Crippen LogP contribution is -2.47. The average Bonchev–Trinajstić information content (AvgIpc) is 3.17. The summed E-state index contributed by atoms with van der Waals surface area (Å²) in [5.41, 5.74) is 0.382. The molecule has 1 atom stereocenters. The van der Waals surface area contributed by atoms with E-state index in [4.69, 9.17) is 4.74 Å². The number of rotatable bonds is 4. The van der Waals surface area contributed by atoms with E-state index < -0.39 is 10.0 Å². The number of aromatic nitrogens is 2. The van der Waals surface area contributed by atoms with Crippen LogP contribution in [0.5, 0.6) is 0 Å². The van der Waals surface area contributed by atoms with E-state index in [0.29, 0.717) is 38.5 Å². The van der Waals surface area contributed by atoms with Gasteiger partial charge in [0.05, 0.1) is 12.9 Å². The molecule has 3 rings (SSSR count). The number of methoxy groups -OCH3 is 1. The normalized spacial score (nSPS) is 24.6. The van der Waals surface area contributed by atoms with Crippen LogP contribution in [0.3, 0.4) is 0 Å². The second-order valence-corrected chi connectivity index (χ2v) is 8.82. The average molecular weight is 356 g/mol. The Labute approximate surface area is 142 Å². The highest BCUT2D eigenvalue weighted by Crippen LogP contribution is 2.45. The Bertz CT molecular complexity index is 680. The van der Waals surface area contributed by atoms with Crippen LogP contribution in [0.1, 0.15) is 23.3 Å². The zero-order chi connectivity index (χ0) is 17.4. The van der Waals surface area contributed by atoms with Crippen LogP contribution in [0.4, 0.5) is 0 Å². The smallest absolute Gasteiger partial charge is 0.271 e. The molecular weight excluding hydrogens is 332 g/mol. The van der Waals surface area contributed by atoms with Crippen molar-refractivity contribution < 1.29 is 17.9 Å². The first kappa shape index (κ1) is 17.4. The van der Waals surface area contributed by atoms with Gasteiger partial charge in [0.25, 0.3) is 5.91 Å². The van der Waals surface area contributed by atoms with Gasteiger partial charge in [-0.3, -0.25) is 9.89 Å². The molecule has 0 aliphatic carbocycles. The van der Waals surface area contributed by atoms with E-state index in [-0.39, 0.29) is 17.2 Å². The molecule has 3 heterocycles. The number of ether oxygens (including phenoxy) is 1. The van der Waals surface area contributed by atoms with Crippen LogP contribution < -0.4 is 0 Å². The second kappa shape index (κ2) is 6.45. The number of likely N-dealkylation sites (tertiary alicyclic amines) is 1. The molecule has 2 saturated heterocycles. The quantitative estimate of drug-likeness (QED) is 0.830. The summed E-state index contributed by atoms with van der Waals surface area (Å²) in [4.78, 5) is 14.2. The molecule has 1 aromatic heterocycles. The van der Waals surface area contributed by atoms with Gasteiger partial charge in [0, 0.05) is 45.4 Å². The molecule has 0 radical (unpaired) electrons. The van der Waals surface area contributed by atoms with E-state index >= 15 is 0 Å². The number of nitrogens with zero attached hydrogens (tertiary/aromatic N) is 3. The number of nitrogens with one attached hydrogen (secondary N) is 1. The molecule has 1 N–H and O–H groups in total. The van der Waals surface area contributed by atoms with Crippen LogP contribution >= 0.6 is 0 Å². The molecule has 2 aliphatic heterocycles. The second-order valence-electron chi connectivity index (χ2n) is 6.83. The monoisotopic (exact) mass is 356 g/mol. The summed E-state index contributed by atoms with van der Waals surface area (Å²) in [6, 6.07) is 1.67. The van der Waals surface area contributed by atoms with E-state index in [0.717, 1.165) is 12.8 Å². The van der Waals surface area contributed by atoms with Gasteiger partial charge in [0.15, 0.2) is 0 Å². The Morgan fingerprint density at radius 1 is 1.46 bits per heavy atom. The van der Waals surface area contributed by atoms with Gasteiger partial charge in [0.2, 0.25) is 10.0 Å². The standard InChI is InChI=1S/C15H24N4O4S/c1-23-10-12-9-19(24(2,21)22)11-15(12)4-7-18(8-5-15)14(20)13-3-6-16-17-13/h3,6,12H,4-5,7-11H2,1-2H3,(H,16,17)/t12-/m0/s1. The topological polar surface area (TPSA) is 95.6 Å². The molecular formula is C15H24N4O4S. The molecule has 134 valence electrons. The maximum absolute atomic E-state index is 12.4. The largest absolute Gasteiger partial charge is 0.384 e. The predicted octanol–water partition coefficient (Wildman–Crippen LogP) is 0.170. The van der Waals surface area contributed by atoms with Gasteiger partial charge < -0.3 is 9.64 Å². The summed E-state index contributed by atoms with van der Waals surface area (Å²) in [7, 11) is -1.56. The molecule has 0 bridgehead atoms. The SMILES string of the molecule is COC[C@@H]1CN(S(C)(=O)=O)CC12CCN(C(=O)c1ccn[nH]1)CC2. The zero-order valence-electron chi connectivity index (χ0n) is 14.1. The van der Waals surface area contributed by atoms with Gasteiger partial charge in [0.1, 0.15) is 5.69 Å². The van der Waals surface area contributed by atoms with Crippen molar-refractivity contribution in [2.45, 2.75) is 12.8 Å². The van der Waals surface area contributed by atoms with Crippen LogP contribution in [0.25, 0.3) is 0 Å². The van der Waals surface area contributed by atoms with Crippen LogP contribution in [-0.2, 0) is 14.8 Å². The minimum Gasteiger partial charge on any atom is -0.384 e. The summed E-state index contributed by atoms with van der Waals surface area (Å²) in [5.74, 6) is 0.116. The van der Waals surface area contributed by atoms with Crippen molar-refractivity contribution in [3.05, 3.63) is 18.0 Å². The van der Waals surface area contributed by atoms with E-state index in [1.165, 1.54) is 6.26 Å². The molecule has 0 aromatic carbocycles. The van der Waals surface area contributed by atoms with Gasteiger partial charge in [-0.15, -0.1) is 0 Å². The molecule has 0 unspecified atom stereocenters. The highest BCUT2D eigenvalue weighted by atomic mass is 32.2. The number of piperidine rings is 1. The maximum Gasteiger partial charge on any atom is 0.271 e. The number of hydrogen-bond acceptors (Lipinski definition) is 5. The van der Waals surface area contributed by atoms with Crippen molar-refractivity contribution in [3.63, 3.8) is 0 Å². The first-order chi connectivity index (χ1) is 11.4. The fourth-order valence-electron chi connectivity index (χ4n) is 3.93. The summed E-state index contributed by atoms with van der Waals surface area (Å²) in [6.07, 6.45) is 4.39. The summed E-state index contributed by atoms with van der Waals surface area (Å²) >= 11 is 0. The van der Waals surface area contributed by atoms with Gasteiger partial charge in [-0.2, -0.15) is 5.10 Å². The van der Waals surface area contributed by atoms with Crippen molar-refractivity contribution in [1.82, 2.24) is 19.4 Å². The Kier molecular flexibility index (Phi) is 4.67. The fraction of sp³-hybridized carbons (Fsp3) is 0.733. The number of aromatic amines is 1. The van der Waals surface area contributed by atoms with E-state index in [9.17, 15) is 13.2 Å². The lowest BCUT2D eigenvalue weighted by molar-refractivity contribution is 0.0324. The number of hydrogen-bond donors (Lipinski definition) is 1. The van der Waals surface area contributed by atoms with Crippen molar-refractivity contribution in [2.24, 2.45) is 11.3 Å². The summed E-state index contributed by atoms with van der Waals surface area (Å²) in [6.45, 7) is 2.80.